The lowest BCUT2D eigenvalue weighted by atomic mass is 10.0. The van der Waals surface area contributed by atoms with Crippen molar-refractivity contribution in [3.05, 3.63) is 106 Å². The molecule has 4 aromatic rings. The Morgan fingerprint density at radius 3 is 2.32 bits per heavy atom. The minimum Gasteiger partial charge on any atom is -0.452 e. The summed E-state index contributed by atoms with van der Waals surface area (Å²) < 4.78 is 6.48. The Balaban J connectivity index is 1.69. The molecule has 0 saturated heterocycles. The van der Waals surface area contributed by atoms with Crippen molar-refractivity contribution >= 4 is 22.5 Å². The summed E-state index contributed by atoms with van der Waals surface area (Å²) in [5, 5.41) is 4.99. The van der Waals surface area contributed by atoms with Crippen molar-refractivity contribution in [2.75, 3.05) is 6.61 Å². The molecule has 154 valence electrons. The Morgan fingerprint density at radius 2 is 1.58 bits per heavy atom. The van der Waals surface area contributed by atoms with Gasteiger partial charge in [0.15, 0.2) is 12.3 Å². The molecule has 31 heavy (non-hydrogen) atoms. The number of para-hydroxylation sites is 1. The number of benzene rings is 3. The fourth-order valence-corrected chi connectivity index (χ4v) is 3.40. The summed E-state index contributed by atoms with van der Waals surface area (Å²) in [6, 6.07) is 21.1. The SMILES string of the molecule is Cc1ccc(C)c(C(=O)COC(=O)c2nn(-c3ccccc3)c(=O)c3ccccc23)c1. The van der Waals surface area contributed by atoms with Crippen LogP contribution in [0.2, 0.25) is 0 Å². The van der Waals surface area contributed by atoms with Gasteiger partial charge in [-0.3, -0.25) is 9.59 Å². The average Bonchev–Trinajstić information content (AvgIpc) is 2.80. The number of carbonyl (C=O) groups is 2. The monoisotopic (exact) mass is 412 g/mol. The molecule has 1 heterocycles. The van der Waals surface area contributed by atoms with E-state index in [9.17, 15) is 14.4 Å². The second-order valence-electron chi connectivity index (χ2n) is 7.26. The fourth-order valence-electron chi connectivity index (χ4n) is 3.40. The summed E-state index contributed by atoms with van der Waals surface area (Å²) in [6.07, 6.45) is 0. The molecule has 0 spiro atoms. The molecule has 0 aliphatic carbocycles. The normalized spacial score (nSPS) is 10.8. The van der Waals surface area contributed by atoms with E-state index >= 15 is 0 Å². The molecule has 6 nitrogen and oxygen atoms in total. The Morgan fingerprint density at radius 1 is 0.903 bits per heavy atom. The highest BCUT2D eigenvalue weighted by Crippen LogP contribution is 2.17. The van der Waals surface area contributed by atoms with Crippen LogP contribution in [0.1, 0.15) is 32.0 Å². The van der Waals surface area contributed by atoms with Crippen LogP contribution in [-0.4, -0.2) is 28.1 Å². The first kappa shape index (κ1) is 20.2. The number of hydrogen-bond acceptors (Lipinski definition) is 5. The predicted molar refractivity (Wildman–Crippen MR) is 118 cm³/mol. The number of rotatable bonds is 5. The second kappa shape index (κ2) is 8.36. The predicted octanol–water partition coefficient (Wildman–Crippen LogP) is 4.04. The molecule has 0 amide bonds. The molecule has 0 radical (unpaired) electrons. The van der Waals surface area contributed by atoms with E-state index in [-0.39, 0.29) is 17.0 Å². The summed E-state index contributed by atoms with van der Waals surface area (Å²) in [7, 11) is 0. The smallest absolute Gasteiger partial charge is 0.359 e. The maximum Gasteiger partial charge on any atom is 0.359 e. The summed E-state index contributed by atoms with van der Waals surface area (Å²) in [6.45, 7) is 3.31. The maximum atomic E-state index is 12.9. The molecule has 6 heteroatoms. The van der Waals surface area contributed by atoms with Crippen LogP contribution >= 0.6 is 0 Å². The van der Waals surface area contributed by atoms with Gasteiger partial charge in [0.1, 0.15) is 0 Å². The van der Waals surface area contributed by atoms with Gasteiger partial charge in [-0.25, -0.2) is 4.79 Å². The standard InChI is InChI=1S/C25H20N2O4/c1-16-12-13-17(2)21(14-16)22(28)15-31-25(30)23-19-10-6-7-11-20(19)24(29)27(26-23)18-8-4-3-5-9-18/h3-14H,15H2,1-2H3. The highest BCUT2D eigenvalue weighted by Gasteiger charge is 2.20. The molecule has 0 saturated carbocycles. The van der Waals surface area contributed by atoms with Gasteiger partial charge >= 0.3 is 5.97 Å². The van der Waals surface area contributed by atoms with E-state index in [1.54, 1.807) is 54.6 Å². The van der Waals surface area contributed by atoms with Crippen LogP contribution in [0.3, 0.4) is 0 Å². The Hall–Kier alpha value is -4.06. The second-order valence-corrected chi connectivity index (χ2v) is 7.26. The van der Waals surface area contributed by atoms with Crippen molar-refractivity contribution in [1.29, 1.82) is 0 Å². The summed E-state index contributed by atoms with van der Waals surface area (Å²) >= 11 is 0. The van der Waals surface area contributed by atoms with Gasteiger partial charge in [0.25, 0.3) is 5.56 Å². The topological polar surface area (TPSA) is 78.3 Å². The van der Waals surface area contributed by atoms with E-state index in [0.29, 0.717) is 22.0 Å². The minimum atomic E-state index is -0.764. The fraction of sp³-hybridized carbons (Fsp3) is 0.120. The number of ketones is 1. The summed E-state index contributed by atoms with van der Waals surface area (Å²) in [5.74, 6) is -1.06. The van der Waals surface area contributed by atoms with Crippen molar-refractivity contribution in [1.82, 2.24) is 9.78 Å². The lowest BCUT2D eigenvalue weighted by Gasteiger charge is -2.11. The van der Waals surface area contributed by atoms with E-state index < -0.39 is 12.6 Å². The average molecular weight is 412 g/mol. The zero-order chi connectivity index (χ0) is 22.0. The maximum absolute atomic E-state index is 12.9. The number of aryl methyl sites for hydroxylation is 2. The molecule has 0 unspecified atom stereocenters. The number of carbonyl (C=O) groups excluding carboxylic acids is 2. The number of esters is 1. The first-order valence-corrected chi connectivity index (χ1v) is 9.81. The molecular formula is C25H20N2O4. The van der Waals surface area contributed by atoms with Gasteiger partial charge in [-0.1, -0.05) is 54.1 Å². The van der Waals surface area contributed by atoms with Crippen LogP contribution in [0.5, 0.6) is 0 Å². The van der Waals surface area contributed by atoms with Crippen LogP contribution in [0.25, 0.3) is 16.5 Å². The van der Waals surface area contributed by atoms with Crippen molar-refractivity contribution in [3.8, 4) is 5.69 Å². The summed E-state index contributed by atoms with van der Waals surface area (Å²) in [5.41, 5.74) is 2.44. The van der Waals surface area contributed by atoms with Gasteiger partial charge < -0.3 is 4.74 Å². The first-order chi connectivity index (χ1) is 15.0. The molecule has 0 atom stereocenters. The van der Waals surface area contributed by atoms with Gasteiger partial charge in [-0.2, -0.15) is 9.78 Å². The van der Waals surface area contributed by atoms with Crippen molar-refractivity contribution in [2.45, 2.75) is 13.8 Å². The number of hydrogen-bond donors (Lipinski definition) is 0. The lowest BCUT2D eigenvalue weighted by Crippen LogP contribution is -2.26. The Bertz CT molecular complexity index is 1360. The van der Waals surface area contributed by atoms with Crippen LogP contribution in [0.4, 0.5) is 0 Å². The number of Topliss-reactive ketones (excluding diaryl/α,β-unsaturated/α-hetero) is 1. The molecule has 0 fully saturated rings. The van der Waals surface area contributed by atoms with Crippen LogP contribution < -0.4 is 5.56 Å². The molecule has 3 aromatic carbocycles. The van der Waals surface area contributed by atoms with E-state index in [0.717, 1.165) is 11.1 Å². The lowest BCUT2D eigenvalue weighted by molar-refractivity contribution is 0.0469. The summed E-state index contributed by atoms with van der Waals surface area (Å²) in [4.78, 5) is 38.4. The third-order valence-electron chi connectivity index (χ3n) is 5.03. The van der Waals surface area contributed by atoms with Gasteiger partial charge in [0.05, 0.1) is 11.1 Å². The van der Waals surface area contributed by atoms with Gasteiger partial charge in [-0.15, -0.1) is 0 Å². The molecule has 0 aliphatic heterocycles. The van der Waals surface area contributed by atoms with Gasteiger partial charge in [-0.05, 0) is 43.7 Å². The highest BCUT2D eigenvalue weighted by atomic mass is 16.5. The van der Waals surface area contributed by atoms with Gasteiger partial charge in [0, 0.05) is 10.9 Å². The van der Waals surface area contributed by atoms with Gasteiger partial charge in [0.2, 0.25) is 5.78 Å². The van der Waals surface area contributed by atoms with Crippen molar-refractivity contribution < 1.29 is 14.3 Å². The molecule has 0 bridgehead atoms. The van der Waals surface area contributed by atoms with Crippen molar-refractivity contribution in [3.63, 3.8) is 0 Å². The quantitative estimate of drug-likeness (QED) is 0.365. The molecule has 1 aromatic heterocycles. The molecular weight excluding hydrogens is 392 g/mol. The van der Waals surface area contributed by atoms with E-state index in [1.165, 1.54) is 4.68 Å². The minimum absolute atomic E-state index is 0.0205. The molecule has 4 rings (SSSR count). The third kappa shape index (κ3) is 4.00. The zero-order valence-electron chi connectivity index (χ0n) is 17.2. The van der Waals surface area contributed by atoms with Crippen LogP contribution in [-0.2, 0) is 4.74 Å². The van der Waals surface area contributed by atoms with E-state index in [4.69, 9.17) is 4.74 Å². The number of fused-ring (bicyclic) bond motifs is 1. The third-order valence-corrected chi connectivity index (χ3v) is 5.03. The van der Waals surface area contributed by atoms with E-state index in [1.807, 2.05) is 32.0 Å². The first-order valence-electron chi connectivity index (χ1n) is 9.81. The highest BCUT2D eigenvalue weighted by molar-refractivity contribution is 6.04. The Kier molecular flexibility index (Phi) is 5.45. The van der Waals surface area contributed by atoms with Crippen LogP contribution in [0.15, 0.2) is 77.6 Å². The number of nitrogens with zero attached hydrogens (tertiary/aromatic N) is 2. The van der Waals surface area contributed by atoms with Crippen LogP contribution in [0, 0.1) is 13.8 Å². The largest absolute Gasteiger partial charge is 0.452 e. The molecule has 0 aliphatic rings. The zero-order valence-corrected chi connectivity index (χ0v) is 17.2. The Labute approximate surface area is 178 Å². The molecule has 0 N–H and O–H groups in total. The van der Waals surface area contributed by atoms with E-state index in [2.05, 4.69) is 5.10 Å². The number of ether oxygens (including phenoxy) is 1. The van der Waals surface area contributed by atoms with Crippen molar-refractivity contribution in [2.24, 2.45) is 0 Å². The number of aromatic nitrogens is 2.